The largest absolute Gasteiger partial charge is 0.462 e. The van der Waals surface area contributed by atoms with Gasteiger partial charge in [0.1, 0.15) is 12.4 Å². The van der Waals surface area contributed by atoms with Crippen LogP contribution in [0.1, 0.15) is 42.2 Å². The van der Waals surface area contributed by atoms with Crippen LogP contribution in [0.25, 0.3) is 10.8 Å². The Morgan fingerprint density at radius 1 is 1.21 bits per heavy atom. The number of ether oxygens (including phenoxy) is 2. The summed E-state index contributed by atoms with van der Waals surface area (Å²) in [5, 5.41) is 12.3. The summed E-state index contributed by atoms with van der Waals surface area (Å²) in [6, 6.07) is 14.7. The van der Waals surface area contributed by atoms with E-state index < -0.39 is 0 Å². The molecule has 0 saturated carbocycles. The van der Waals surface area contributed by atoms with Gasteiger partial charge in [-0.3, -0.25) is 4.79 Å². The molecule has 2 fully saturated rings. The fourth-order valence-electron chi connectivity index (χ4n) is 6.44. The number of nitrogens with zero attached hydrogens (tertiary/aromatic N) is 6. The summed E-state index contributed by atoms with van der Waals surface area (Å²) >= 11 is 6.66. The molecule has 0 spiro atoms. The molecule has 6 rings (SSSR count). The van der Waals surface area contributed by atoms with E-state index in [1.165, 1.54) is 6.08 Å². The Hall–Kier alpha value is -3.71. The first-order valence-corrected chi connectivity index (χ1v) is 14.9. The summed E-state index contributed by atoms with van der Waals surface area (Å²) in [5.41, 5.74) is 2.84. The van der Waals surface area contributed by atoms with Gasteiger partial charge in [-0.1, -0.05) is 48.5 Å². The number of carbonyl (C=O) groups is 1. The van der Waals surface area contributed by atoms with Gasteiger partial charge in [-0.2, -0.15) is 15.2 Å². The Balaban J connectivity index is 1.34. The second kappa shape index (κ2) is 12.3. The van der Waals surface area contributed by atoms with Crippen LogP contribution in [0.4, 0.5) is 5.82 Å². The number of amides is 1. The molecule has 0 bridgehead atoms. The highest BCUT2D eigenvalue weighted by molar-refractivity contribution is 6.35. The number of aromatic nitrogens is 2. The molecule has 2 aromatic carbocycles. The van der Waals surface area contributed by atoms with Crippen molar-refractivity contribution in [3.63, 3.8) is 0 Å². The van der Waals surface area contributed by atoms with Crippen LogP contribution in [0, 0.1) is 11.3 Å². The molecule has 0 aliphatic carbocycles. The predicted molar refractivity (Wildman–Crippen MR) is 162 cm³/mol. The number of nitriles is 1. The molecule has 218 valence electrons. The average molecular weight is 587 g/mol. The number of rotatable bonds is 7. The topological polar surface area (TPSA) is 94.8 Å². The molecule has 42 heavy (non-hydrogen) atoms. The van der Waals surface area contributed by atoms with Gasteiger partial charge in [0.15, 0.2) is 0 Å². The number of likely N-dealkylation sites (tertiary alicyclic amines) is 1. The SMILES string of the molecule is C=CC(=O)N1CCN(c2nc(OC[C@@H]3CCCN3C)nc3c2COC(c2cccc4cccc(Cl)c24)C3)C[C@@H]1CC#N. The Bertz CT molecular complexity index is 1540. The molecule has 3 aromatic rings. The van der Waals surface area contributed by atoms with E-state index in [0.717, 1.165) is 52.8 Å². The number of anilines is 1. The first-order chi connectivity index (χ1) is 20.5. The first kappa shape index (κ1) is 28.4. The Morgan fingerprint density at radius 2 is 2.05 bits per heavy atom. The van der Waals surface area contributed by atoms with Crippen LogP contribution in [0.3, 0.4) is 0 Å². The smallest absolute Gasteiger partial charge is 0.318 e. The minimum Gasteiger partial charge on any atom is -0.462 e. The van der Waals surface area contributed by atoms with Crippen LogP contribution in [0.15, 0.2) is 49.1 Å². The highest BCUT2D eigenvalue weighted by Gasteiger charge is 2.34. The summed E-state index contributed by atoms with van der Waals surface area (Å²) in [7, 11) is 2.12. The van der Waals surface area contributed by atoms with E-state index >= 15 is 0 Å². The van der Waals surface area contributed by atoms with Gasteiger partial charge in [-0.15, -0.1) is 0 Å². The molecular weight excluding hydrogens is 552 g/mol. The van der Waals surface area contributed by atoms with E-state index in [4.69, 9.17) is 31.0 Å². The average Bonchev–Trinajstić information content (AvgIpc) is 3.43. The van der Waals surface area contributed by atoms with Crippen LogP contribution in [0.5, 0.6) is 6.01 Å². The van der Waals surface area contributed by atoms with E-state index in [0.29, 0.717) is 56.3 Å². The Labute approximate surface area is 251 Å². The molecule has 3 aliphatic heterocycles. The van der Waals surface area contributed by atoms with Crippen molar-refractivity contribution in [2.45, 2.75) is 50.5 Å². The van der Waals surface area contributed by atoms with Gasteiger partial charge in [0.25, 0.3) is 0 Å². The minimum absolute atomic E-state index is 0.163. The van der Waals surface area contributed by atoms with Crippen LogP contribution in [0.2, 0.25) is 5.02 Å². The van der Waals surface area contributed by atoms with Crippen molar-refractivity contribution in [1.82, 2.24) is 19.8 Å². The number of benzene rings is 2. The van der Waals surface area contributed by atoms with E-state index in [9.17, 15) is 10.1 Å². The molecule has 9 nitrogen and oxygen atoms in total. The number of hydrogen-bond acceptors (Lipinski definition) is 8. The molecule has 10 heteroatoms. The third-order valence-corrected chi connectivity index (χ3v) is 9.05. The van der Waals surface area contributed by atoms with Gasteiger partial charge in [0.2, 0.25) is 5.91 Å². The monoisotopic (exact) mass is 586 g/mol. The maximum atomic E-state index is 12.5. The number of fused-ring (bicyclic) bond motifs is 2. The zero-order valence-electron chi connectivity index (χ0n) is 23.8. The summed E-state index contributed by atoms with van der Waals surface area (Å²) in [6.07, 6.45) is 4.09. The molecule has 2 saturated heterocycles. The molecular formula is C32H35ClN6O3. The summed E-state index contributed by atoms with van der Waals surface area (Å²) in [5.74, 6) is 0.585. The van der Waals surface area contributed by atoms with Gasteiger partial charge in [-0.05, 0) is 49.5 Å². The minimum atomic E-state index is -0.272. The van der Waals surface area contributed by atoms with Crippen molar-refractivity contribution in [2.24, 2.45) is 0 Å². The normalized spacial score (nSPS) is 22.5. The van der Waals surface area contributed by atoms with Crippen molar-refractivity contribution in [3.8, 4) is 12.1 Å². The van der Waals surface area contributed by atoms with Crippen molar-refractivity contribution in [2.75, 3.05) is 44.7 Å². The zero-order valence-corrected chi connectivity index (χ0v) is 24.6. The van der Waals surface area contributed by atoms with Gasteiger partial charge in [0, 0.05) is 48.1 Å². The number of hydrogen-bond donors (Lipinski definition) is 0. The summed E-state index contributed by atoms with van der Waals surface area (Å²) < 4.78 is 12.7. The van der Waals surface area contributed by atoms with E-state index in [-0.39, 0.29) is 24.5 Å². The lowest BCUT2D eigenvalue weighted by Crippen LogP contribution is -2.55. The second-order valence-electron chi connectivity index (χ2n) is 11.2. The fourth-order valence-corrected chi connectivity index (χ4v) is 6.73. The van der Waals surface area contributed by atoms with Crippen molar-refractivity contribution in [1.29, 1.82) is 5.26 Å². The molecule has 0 N–H and O–H groups in total. The summed E-state index contributed by atoms with van der Waals surface area (Å²) in [4.78, 5) is 28.5. The van der Waals surface area contributed by atoms with Crippen LogP contribution in [-0.2, 0) is 22.6 Å². The number of likely N-dealkylation sites (N-methyl/N-ethyl adjacent to an activating group) is 1. The molecule has 4 heterocycles. The van der Waals surface area contributed by atoms with Crippen LogP contribution in [-0.4, -0.2) is 77.6 Å². The lowest BCUT2D eigenvalue weighted by Gasteiger charge is -2.42. The molecule has 1 amide bonds. The van der Waals surface area contributed by atoms with Crippen LogP contribution >= 0.6 is 11.6 Å². The zero-order chi connectivity index (χ0) is 29.2. The maximum absolute atomic E-state index is 12.5. The highest BCUT2D eigenvalue weighted by Crippen LogP contribution is 2.39. The fraction of sp³-hybridized carbons (Fsp3) is 0.438. The van der Waals surface area contributed by atoms with Crippen molar-refractivity contribution < 1.29 is 14.3 Å². The maximum Gasteiger partial charge on any atom is 0.318 e. The van der Waals surface area contributed by atoms with Gasteiger partial charge >= 0.3 is 6.01 Å². The Morgan fingerprint density at radius 3 is 2.81 bits per heavy atom. The third kappa shape index (κ3) is 5.54. The third-order valence-electron chi connectivity index (χ3n) is 8.73. The second-order valence-corrected chi connectivity index (χ2v) is 11.6. The molecule has 1 aromatic heterocycles. The van der Waals surface area contributed by atoms with Gasteiger partial charge in [0.05, 0.1) is 36.9 Å². The summed E-state index contributed by atoms with van der Waals surface area (Å²) in [6.45, 7) is 7.06. The van der Waals surface area contributed by atoms with Gasteiger partial charge in [-0.25, -0.2) is 0 Å². The predicted octanol–water partition coefficient (Wildman–Crippen LogP) is 4.69. The van der Waals surface area contributed by atoms with E-state index in [1.54, 1.807) is 4.90 Å². The number of carbonyl (C=O) groups excluding carboxylic acids is 1. The number of piperazine rings is 1. The van der Waals surface area contributed by atoms with Crippen LogP contribution < -0.4 is 9.64 Å². The first-order valence-electron chi connectivity index (χ1n) is 14.5. The molecule has 3 aliphatic rings. The van der Waals surface area contributed by atoms with E-state index in [1.807, 2.05) is 18.2 Å². The number of halogens is 1. The van der Waals surface area contributed by atoms with E-state index in [2.05, 4.69) is 47.7 Å². The standard InChI is InChI=1S/C32H35ClN6O3/c1-3-29(40)39-16-15-38(18-22(39)12-13-34)31-25-20-41-28(24-10-4-7-21-8-5-11-26(33)30(21)24)17-27(25)35-32(36-31)42-19-23-9-6-14-37(23)2/h3-5,7-8,10-11,22-23,28H,1,6,9,12,14-20H2,2H3/t22-,23-,28?/m0/s1. The molecule has 1 unspecified atom stereocenters. The lowest BCUT2D eigenvalue weighted by atomic mass is 9.94. The highest BCUT2D eigenvalue weighted by atomic mass is 35.5. The molecule has 0 radical (unpaired) electrons. The van der Waals surface area contributed by atoms with Crippen molar-refractivity contribution in [3.05, 3.63) is 70.9 Å². The quantitative estimate of drug-likeness (QED) is 0.368. The van der Waals surface area contributed by atoms with Gasteiger partial charge < -0.3 is 24.2 Å². The van der Waals surface area contributed by atoms with Crippen molar-refractivity contribution >= 4 is 34.1 Å². The molecule has 3 atom stereocenters. The Kier molecular flexibility index (Phi) is 8.29. The lowest BCUT2D eigenvalue weighted by molar-refractivity contribution is -0.128.